The monoisotopic (exact) mass is 299 g/mol. The van der Waals surface area contributed by atoms with Gasteiger partial charge in [-0.2, -0.15) is 0 Å². The largest absolute Gasteiger partial charge is 0.444 e. The first-order valence-electron chi connectivity index (χ1n) is 7.74. The molecule has 2 atom stereocenters. The molecule has 5 heteroatoms. The van der Waals surface area contributed by atoms with Crippen LogP contribution in [0.15, 0.2) is 41.0 Å². The molecule has 5 nitrogen and oxygen atoms in total. The molecular formula is C17H21N3O2. The van der Waals surface area contributed by atoms with Gasteiger partial charge in [-0.05, 0) is 30.9 Å². The number of carbonyl (C=O) groups excluding carboxylic acids is 1. The van der Waals surface area contributed by atoms with Gasteiger partial charge in [-0.15, -0.1) is 0 Å². The van der Waals surface area contributed by atoms with Crippen LogP contribution in [0, 0.1) is 5.92 Å². The van der Waals surface area contributed by atoms with Crippen molar-refractivity contribution in [3.63, 3.8) is 0 Å². The van der Waals surface area contributed by atoms with Gasteiger partial charge in [-0.3, -0.25) is 4.79 Å². The third-order valence-electron chi connectivity index (χ3n) is 4.20. The number of hydrogen-bond donors (Lipinski definition) is 2. The summed E-state index contributed by atoms with van der Waals surface area (Å²) in [7, 11) is 0. The molecule has 0 bridgehead atoms. The van der Waals surface area contributed by atoms with Crippen molar-refractivity contribution in [1.29, 1.82) is 0 Å². The fourth-order valence-corrected chi connectivity index (χ4v) is 2.92. The highest BCUT2D eigenvalue weighted by atomic mass is 16.3. The second-order valence-electron chi connectivity index (χ2n) is 5.85. The smallest absolute Gasteiger partial charge is 0.226 e. The quantitative estimate of drug-likeness (QED) is 0.888. The van der Waals surface area contributed by atoms with E-state index in [-0.39, 0.29) is 11.9 Å². The van der Waals surface area contributed by atoms with E-state index >= 15 is 0 Å². The fourth-order valence-electron chi connectivity index (χ4n) is 2.92. The van der Waals surface area contributed by atoms with Crippen LogP contribution in [0.5, 0.6) is 0 Å². The van der Waals surface area contributed by atoms with Crippen LogP contribution in [0.2, 0.25) is 0 Å². The molecule has 2 aromatic rings. The number of nitrogens with two attached hydrogens (primary N) is 1. The standard InChI is InChI=1S/C17H21N3O2/c18-15-8-4-7-13(15)9-16(21)19-10-14-11-22-17(20-14)12-5-2-1-3-6-12/h1-3,5-6,11,13,15H,4,7-10,18H2,(H,19,21)/t13-,15+/m0/s1. The summed E-state index contributed by atoms with van der Waals surface area (Å²) in [5.41, 5.74) is 7.65. The molecule has 1 heterocycles. The summed E-state index contributed by atoms with van der Waals surface area (Å²) in [6.07, 6.45) is 5.30. The number of carbonyl (C=O) groups is 1. The van der Waals surface area contributed by atoms with Crippen LogP contribution in [0.1, 0.15) is 31.4 Å². The minimum absolute atomic E-state index is 0.0339. The number of amides is 1. The normalized spacial score (nSPS) is 21.0. The maximum Gasteiger partial charge on any atom is 0.226 e. The zero-order valence-corrected chi connectivity index (χ0v) is 12.5. The average Bonchev–Trinajstić information content (AvgIpc) is 3.16. The van der Waals surface area contributed by atoms with Gasteiger partial charge >= 0.3 is 0 Å². The minimum Gasteiger partial charge on any atom is -0.444 e. The minimum atomic E-state index is 0.0339. The lowest BCUT2D eigenvalue weighted by atomic mass is 10.00. The van der Waals surface area contributed by atoms with Gasteiger partial charge < -0.3 is 15.5 Å². The van der Waals surface area contributed by atoms with Crippen molar-refractivity contribution in [1.82, 2.24) is 10.3 Å². The van der Waals surface area contributed by atoms with Crippen molar-refractivity contribution in [2.24, 2.45) is 11.7 Å². The Morgan fingerprint density at radius 1 is 1.32 bits per heavy atom. The van der Waals surface area contributed by atoms with E-state index in [4.69, 9.17) is 10.2 Å². The molecule has 3 rings (SSSR count). The Labute approximate surface area is 129 Å². The second kappa shape index (κ2) is 6.75. The number of aromatic nitrogens is 1. The van der Waals surface area contributed by atoms with Crippen LogP contribution >= 0.6 is 0 Å². The van der Waals surface area contributed by atoms with Crippen molar-refractivity contribution in [2.45, 2.75) is 38.3 Å². The average molecular weight is 299 g/mol. The Kier molecular flexibility index (Phi) is 4.53. The Bertz CT molecular complexity index is 624. The van der Waals surface area contributed by atoms with Crippen molar-refractivity contribution in [2.75, 3.05) is 0 Å². The number of benzene rings is 1. The lowest BCUT2D eigenvalue weighted by Gasteiger charge is -2.14. The van der Waals surface area contributed by atoms with Crippen molar-refractivity contribution in [3.8, 4) is 11.5 Å². The molecule has 0 spiro atoms. The third kappa shape index (κ3) is 3.54. The van der Waals surface area contributed by atoms with Crippen LogP contribution < -0.4 is 11.1 Å². The topological polar surface area (TPSA) is 81.2 Å². The van der Waals surface area contributed by atoms with E-state index in [2.05, 4.69) is 10.3 Å². The Hall–Kier alpha value is -2.14. The summed E-state index contributed by atoms with van der Waals surface area (Å²) in [6, 6.07) is 9.87. The van der Waals surface area contributed by atoms with Gasteiger partial charge in [0.15, 0.2) is 0 Å². The zero-order chi connectivity index (χ0) is 15.4. The van der Waals surface area contributed by atoms with Gasteiger partial charge in [0.2, 0.25) is 11.8 Å². The summed E-state index contributed by atoms with van der Waals surface area (Å²) in [5, 5.41) is 2.89. The SMILES string of the molecule is N[C@@H]1CCC[C@H]1CC(=O)NCc1coc(-c2ccccc2)n1. The first-order valence-corrected chi connectivity index (χ1v) is 7.74. The van der Waals surface area contributed by atoms with Crippen LogP contribution in [-0.4, -0.2) is 16.9 Å². The Morgan fingerprint density at radius 2 is 2.14 bits per heavy atom. The summed E-state index contributed by atoms with van der Waals surface area (Å²) < 4.78 is 5.45. The fraction of sp³-hybridized carbons (Fsp3) is 0.412. The van der Waals surface area contributed by atoms with Gasteiger partial charge in [-0.25, -0.2) is 4.98 Å². The molecule has 1 saturated carbocycles. The van der Waals surface area contributed by atoms with E-state index in [1.165, 1.54) is 0 Å². The second-order valence-corrected chi connectivity index (χ2v) is 5.85. The van der Waals surface area contributed by atoms with Crippen molar-refractivity contribution >= 4 is 5.91 Å². The van der Waals surface area contributed by atoms with E-state index in [1.807, 2.05) is 30.3 Å². The van der Waals surface area contributed by atoms with E-state index in [0.717, 1.165) is 30.5 Å². The van der Waals surface area contributed by atoms with E-state index < -0.39 is 0 Å². The zero-order valence-electron chi connectivity index (χ0n) is 12.5. The van der Waals surface area contributed by atoms with Gasteiger partial charge in [-0.1, -0.05) is 24.6 Å². The van der Waals surface area contributed by atoms with Gasteiger partial charge in [0.25, 0.3) is 0 Å². The molecule has 0 aliphatic heterocycles. The molecule has 0 unspecified atom stereocenters. The molecule has 1 aromatic carbocycles. The van der Waals surface area contributed by atoms with Crippen LogP contribution in [-0.2, 0) is 11.3 Å². The number of nitrogens with one attached hydrogen (secondary N) is 1. The molecule has 0 saturated heterocycles. The molecule has 1 aromatic heterocycles. The Morgan fingerprint density at radius 3 is 2.86 bits per heavy atom. The molecule has 1 amide bonds. The van der Waals surface area contributed by atoms with Crippen LogP contribution in [0.3, 0.4) is 0 Å². The Balaban J connectivity index is 1.51. The lowest BCUT2D eigenvalue weighted by molar-refractivity contribution is -0.122. The number of nitrogens with zero attached hydrogens (tertiary/aromatic N) is 1. The maximum atomic E-state index is 12.0. The number of oxazole rings is 1. The predicted octanol–water partition coefficient (Wildman–Crippen LogP) is 2.48. The maximum absolute atomic E-state index is 12.0. The molecular weight excluding hydrogens is 278 g/mol. The summed E-state index contributed by atoms with van der Waals surface area (Å²) in [5.74, 6) is 0.923. The van der Waals surface area contributed by atoms with Crippen LogP contribution in [0.4, 0.5) is 0 Å². The predicted molar refractivity (Wildman–Crippen MR) is 83.7 cm³/mol. The summed E-state index contributed by atoms with van der Waals surface area (Å²) in [4.78, 5) is 16.4. The molecule has 1 aliphatic carbocycles. The number of hydrogen-bond acceptors (Lipinski definition) is 4. The molecule has 22 heavy (non-hydrogen) atoms. The van der Waals surface area contributed by atoms with Crippen molar-refractivity contribution in [3.05, 3.63) is 42.3 Å². The summed E-state index contributed by atoms with van der Waals surface area (Å²) >= 11 is 0. The van der Waals surface area contributed by atoms with E-state index in [9.17, 15) is 4.79 Å². The van der Waals surface area contributed by atoms with Gasteiger partial charge in [0.1, 0.15) is 6.26 Å². The van der Waals surface area contributed by atoms with Crippen molar-refractivity contribution < 1.29 is 9.21 Å². The highest BCUT2D eigenvalue weighted by Gasteiger charge is 2.25. The third-order valence-corrected chi connectivity index (χ3v) is 4.20. The highest BCUT2D eigenvalue weighted by molar-refractivity contribution is 5.76. The van der Waals surface area contributed by atoms with Gasteiger partial charge in [0.05, 0.1) is 12.2 Å². The van der Waals surface area contributed by atoms with Gasteiger partial charge in [0, 0.05) is 18.0 Å². The van der Waals surface area contributed by atoms with E-state index in [0.29, 0.717) is 24.8 Å². The first-order chi connectivity index (χ1) is 10.7. The molecule has 0 radical (unpaired) electrons. The molecule has 116 valence electrons. The lowest BCUT2D eigenvalue weighted by Crippen LogP contribution is -2.31. The summed E-state index contributed by atoms with van der Waals surface area (Å²) in [6.45, 7) is 0.386. The molecule has 3 N–H and O–H groups in total. The first kappa shape index (κ1) is 14.8. The highest BCUT2D eigenvalue weighted by Crippen LogP contribution is 2.26. The van der Waals surface area contributed by atoms with E-state index in [1.54, 1.807) is 6.26 Å². The molecule has 1 aliphatic rings. The number of rotatable bonds is 5. The van der Waals surface area contributed by atoms with Crippen LogP contribution in [0.25, 0.3) is 11.5 Å². The molecule has 1 fully saturated rings.